The molecule has 1 atom stereocenters. The van der Waals surface area contributed by atoms with Crippen molar-refractivity contribution in [3.05, 3.63) is 42.5 Å². The van der Waals surface area contributed by atoms with E-state index in [1.54, 1.807) is 0 Å². The van der Waals surface area contributed by atoms with Gasteiger partial charge in [-0.1, -0.05) is 49.7 Å². The monoisotopic (exact) mass is 396 g/mol. The van der Waals surface area contributed by atoms with Crippen LogP contribution in [0.4, 0.5) is 5.69 Å². The topological polar surface area (TPSA) is 64.7 Å². The van der Waals surface area contributed by atoms with Crippen LogP contribution in [-0.2, 0) is 9.59 Å². The third-order valence-corrected chi connectivity index (χ3v) is 5.60. The highest BCUT2D eigenvalue weighted by molar-refractivity contribution is 6.03. The number of nitrogens with one attached hydrogen (secondary N) is 2. The van der Waals surface area contributed by atoms with Crippen molar-refractivity contribution in [2.24, 2.45) is 0 Å². The number of nitrogens with zero attached hydrogens (tertiary/aromatic N) is 2. The molecule has 1 aliphatic rings. The van der Waals surface area contributed by atoms with Gasteiger partial charge >= 0.3 is 0 Å². The first-order valence-corrected chi connectivity index (χ1v) is 10.6. The standard InChI is InChI=1S/C23H32N4O2/c1-3-4-12-24-22(28)17-26-13-15-27(16-14-26)18(2)23(29)25-21-11-7-9-19-8-5-6-10-20(19)21/h5-11,18H,3-4,12-17H2,1-2H3,(H,24,28)(H,25,29)/t18-/m0/s1. The van der Waals surface area contributed by atoms with Crippen LogP contribution in [0, 0.1) is 0 Å². The molecule has 29 heavy (non-hydrogen) atoms. The van der Waals surface area contributed by atoms with E-state index in [0.717, 1.165) is 62.0 Å². The number of rotatable bonds is 8. The van der Waals surface area contributed by atoms with Crippen LogP contribution in [-0.4, -0.2) is 66.9 Å². The predicted octanol–water partition coefficient (Wildman–Crippen LogP) is 2.70. The van der Waals surface area contributed by atoms with Crippen LogP contribution >= 0.6 is 0 Å². The van der Waals surface area contributed by atoms with Crippen LogP contribution in [0.5, 0.6) is 0 Å². The van der Waals surface area contributed by atoms with Crippen molar-refractivity contribution in [3.8, 4) is 0 Å². The van der Waals surface area contributed by atoms with Gasteiger partial charge in [0.15, 0.2) is 0 Å². The van der Waals surface area contributed by atoms with Crippen LogP contribution in [0.1, 0.15) is 26.7 Å². The number of piperazine rings is 1. The number of hydrogen-bond donors (Lipinski definition) is 2. The smallest absolute Gasteiger partial charge is 0.241 e. The molecule has 1 aliphatic heterocycles. The number of fused-ring (bicyclic) bond motifs is 1. The zero-order valence-corrected chi connectivity index (χ0v) is 17.5. The van der Waals surface area contributed by atoms with Gasteiger partial charge in [0, 0.05) is 43.8 Å². The molecule has 1 heterocycles. The third-order valence-electron chi connectivity index (χ3n) is 5.60. The number of carbonyl (C=O) groups excluding carboxylic acids is 2. The fourth-order valence-corrected chi connectivity index (χ4v) is 3.71. The molecular formula is C23H32N4O2. The molecule has 0 bridgehead atoms. The Morgan fingerprint density at radius 3 is 2.52 bits per heavy atom. The fourth-order valence-electron chi connectivity index (χ4n) is 3.71. The van der Waals surface area contributed by atoms with Crippen molar-refractivity contribution >= 4 is 28.3 Å². The normalized spacial score (nSPS) is 16.5. The van der Waals surface area contributed by atoms with E-state index in [2.05, 4.69) is 27.4 Å². The van der Waals surface area contributed by atoms with Crippen molar-refractivity contribution in [2.45, 2.75) is 32.7 Å². The minimum atomic E-state index is -0.213. The largest absolute Gasteiger partial charge is 0.355 e. The molecule has 1 saturated heterocycles. The van der Waals surface area contributed by atoms with Crippen molar-refractivity contribution in [1.82, 2.24) is 15.1 Å². The highest BCUT2D eigenvalue weighted by atomic mass is 16.2. The summed E-state index contributed by atoms with van der Waals surface area (Å²) in [6, 6.07) is 13.8. The highest BCUT2D eigenvalue weighted by Gasteiger charge is 2.26. The summed E-state index contributed by atoms with van der Waals surface area (Å²) in [7, 11) is 0. The summed E-state index contributed by atoms with van der Waals surface area (Å²) in [6.45, 7) is 8.42. The van der Waals surface area contributed by atoms with E-state index in [-0.39, 0.29) is 17.9 Å². The van der Waals surface area contributed by atoms with Gasteiger partial charge < -0.3 is 10.6 Å². The summed E-state index contributed by atoms with van der Waals surface area (Å²) in [6.07, 6.45) is 2.10. The Morgan fingerprint density at radius 2 is 1.76 bits per heavy atom. The van der Waals surface area contributed by atoms with Crippen LogP contribution in [0.15, 0.2) is 42.5 Å². The van der Waals surface area contributed by atoms with Crippen LogP contribution < -0.4 is 10.6 Å². The SMILES string of the molecule is CCCCNC(=O)CN1CCN([C@@H](C)C(=O)Nc2cccc3ccccc23)CC1. The maximum atomic E-state index is 12.8. The van der Waals surface area contributed by atoms with E-state index in [1.807, 2.05) is 49.4 Å². The second-order valence-electron chi connectivity index (χ2n) is 7.71. The minimum absolute atomic E-state index is 0.00658. The van der Waals surface area contributed by atoms with Gasteiger partial charge in [0.1, 0.15) is 0 Å². The van der Waals surface area contributed by atoms with Gasteiger partial charge in [-0.3, -0.25) is 19.4 Å². The van der Waals surface area contributed by atoms with Crippen molar-refractivity contribution in [3.63, 3.8) is 0 Å². The molecule has 2 aromatic rings. The maximum Gasteiger partial charge on any atom is 0.241 e. The molecular weight excluding hydrogens is 364 g/mol. The predicted molar refractivity (Wildman–Crippen MR) is 118 cm³/mol. The Morgan fingerprint density at radius 1 is 1.03 bits per heavy atom. The molecule has 6 heteroatoms. The zero-order valence-electron chi connectivity index (χ0n) is 17.5. The number of amides is 2. The average molecular weight is 397 g/mol. The van der Waals surface area contributed by atoms with Gasteiger partial charge in [-0.25, -0.2) is 0 Å². The molecule has 0 aliphatic carbocycles. The number of anilines is 1. The summed E-state index contributed by atoms with van der Waals surface area (Å²) >= 11 is 0. The first-order valence-electron chi connectivity index (χ1n) is 10.6. The van der Waals surface area contributed by atoms with Crippen molar-refractivity contribution in [1.29, 1.82) is 0 Å². The number of hydrogen-bond acceptors (Lipinski definition) is 4. The van der Waals surface area contributed by atoms with E-state index in [9.17, 15) is 9.59 Å². The molecule has 2 amide bonds. The summed E-state index contributed by atoms with van der Waals surface area (Å²) in [4.78, 5) is 29.2. The molecule has 6 nitrogen and oxygen atoms in total. The summed E-state index contributed by atoms with van der Waals surface area (Å²) in [5.41, 5.74) is 0.849. The summed E-state index contributed by atoms with van der Waals surface area (Å²) in [5.74, 6) is 0.0979. The minimum Gasteiger partial charge on any atom is -0.355 e. The molecule has 0 spiro atoms. The zero-order chi connectivity index (χ0) is 20.6. The second-order valence-corrected chi connectivity index (χ2v) is 7.71. The molecule has 2 aromatic carbocycles. The van der Waals surface area contributed by atoms with Gasteiger partial charge in [-0.15, -0.1) is 0 Å². The second kappa shape index (κ2) is 10.4. The fraction of sp³-hybridized carbons (Fsp3) is 0.478. The quantitative estimate of drug-likeness (QED) is 0.674. The lowest BCUT2D eigenvalue weighted by Gasteiger charge is -2.37. The molecule has 3 rings (SSSR count). The maximum absolute atomic E-state index is 12.8. The van der Waals surface area contributed by atoms with Crippen molar-refractivity contribution in [2.75, 3.05) is 44.6 Å². The third kappa shape index (κ3) is 5.78. The molecule has 156 valence electrons. The first-order chi connectivity index (χ1) is 14.1. The van der Waals surface area contributed by atoms with Gasteiger partial charge in [0.05, 0.1) is 12.6 Å². The molecule has 2 N–H and O–H groups in total. The van der Waals surface area contributed by atoms with Gasteiger partial charge in [0.2, 0.25) is 11.8 Å². The Bertz CT molecular complexity index is 825. The van der Waals surface area contributed by atoms with E-state index in [0.29, 0.717) is 6.54 Å². The van der Waals surface area contributed by atoms with Crippen LogP contribution in [0.25, 0.3) is 10.8 Å². The number of carbonyl (C=O) groups is 2. The Hall–Kier alpha value is -2.44. The van der Waals surface area contributed by atoms with Crippen LogP contribution in [0.3, 0.4) is 0 Å². The van der Waals surface area contributed by atoms with E-state index in [4.69, 9.17) is 0 Å². The Balaban J connectivity index is 1.49. The summed E-state index contributed by atoms with van der Waals surface area (Å²) in [5, 5.41) is 8.23. The van der Waals surface area contributed by atoms with E-state index >= 15 is 0 Å². The first kappa shape index (κ1) is 21.3. The molecule has 0 unspecified atom stereocenters. The van der Waals surface area contributed by atoms with Gasteiger partial charge in [-0.2, -0.15) is 0 Å². The molecule has 0 saturated carbocycles. The van der Waals surface area contributed by atoms with Crippen molar-refractivity contribution < 1.29 is 9.59 Å². The number of benzene rings is 2. The highest BCUT2D eigenvalue weighted by Crippen LogP contribution is 2.23. The number of unbranched alkanes of at least 4 members (excludes halogenated alkanes) is 1. The Kier molecular flexibility index (Phi) is 7.61. The molecule has 0 aromatic heterocycles. The average Bonchev–Trinajstić information content (AvgIpc) is 2.74. The summed E-state index contributed by atoms with van der Waals surface area (Å²) < 4.78 is 0. The molecule has 1 fully saturated rings. The molecule has 0 radical (unpaired) electrons. The van der Waals surface area contributed by atoms with Gasteiger partial charge in [-0.05, 0) is 24.8 Å². The lowest BCUT2D eigenvalue weighted by molar-refractivity contribution is -0.124. The van der Waals surface area contributed by atoms with Gasteiger partial charge in [0.25, 0.3) is 0 Å². The lowest BCUT2D eigenvalue weighted by Crippen LogP contribution is -2.54. The van der Waals surface area contributed by atoms with E-state index < -0.39 is 0 Å². The van der Waals surface area contributed by atoms with E-state index in [1.165, 1.54) is 0 Å². The van der Waals surface area contributed by atoms with Crippen LogP contribution in [0.2, 0.25) is 0 Å². The lowest BCUT2D eigenvalue weighted by atomic mass is 10.1. The Labute approximate surface area is 173 Å².